The number of halogens is 2. The molecule has 0 amide bonds. The summed E-state index contributed by atoms with van der Waals surface area (Å²) >= 11 is 11.5. The van der Waals surface area contributed by atoms with Gasteiger partial charge in [-0.3, -0.25) is 0 Å². The summed E-state index contributed by atoms with van der Waals surface area (Å²) in [6, 6.07) is 7.96. The molecule has 2 rings (SSSR count). The molecule has 17 heavy (non-hydrogen) atoms. The molecule has 1 nitrogen and oxygen atoms in total. The normalized spacial score (nSPS) is 31.8. The molecule has 1 radical (unpaired) electrons. The minimum atomic E-state index is -0.622. The number of rotatable bonds is 3. The van der Waals surface area contributed by atoms with Crippen molar-refractivity contribution in [2.24, 2.45) is 0 Å². The Morgan fingerprint density at radius 3 is 2.71 bits per heavy atom. The first-order valence-electron chi connectivity index (χ1n) is 5.33. The van der Waals surface area contributed by atoms with E-state index in [1.807, 2.05) is 43.3 Å². The van der Waals surface area contributed by atoms with E-state index in [4.69, 9.17) is 16.3 Å². The summed E-state index contributed by atoms with van der Waals surface area (Å²) < 4.78 is 4.66. The summed E-state index contributed by atoms with van der Waals surface area (Å²) in [6.07, 6.45) is 3.92. The molecule has 1 aromatic rings. The molecule has 4 heteroatoms. The first-order valence-corrected chi connectivity index (χ1v) is 7.32. The maximum Gasteiger partial charge on any atom is 0.125 e. The van der Waals surface area contributed by atoms with Crippen molar-refractivity contribution in [3.63, 3.8) is 0 Å². The molecule has 0 N–H and O–H groups in total. The van der Waals surface area contributed by atoms with Crippen LogP contribution in [-0.2, 0) is 3.66 Å². The fourth-order valence-electron chi connectivity index (χ4n) is 1.72. The predicted molar refractivity (Wildman–Crippen MR) is 78.9 cm³/mol. The first-order chi connectivity index (χ1) is 7.97. The molecule has 1 aliphatic heterocycles. The highest BCUT2D eigenvalue weighted by molar-refractivity contribution is 9.11. The molecular formula is C13H13BrClOS. The Morgan fingerprint density at radius 1 is 1.41 bits per heavy atom. The molecule has 1 aliphatic rings. The van der Waals surface area contributed by atoms with E-state index in [1.54, 1.807) is 11.8 Å². The minimum absolute atomic E-state index is 0.359. The molecule has 0 aliphatic carbocycles. The second kappa shape index (κ2) is 4.87. The molecule has 1 heterocycles. The predicted octanol–water partition coefficient (Wildman–Crippen LogP) is 4.71. The Morgan fingerprint density at radius 2 is 2.12 bits per heavy atom. The van der Waals surface area contributed by atoms with Gasteiger partial charge in [-0.15, -0.1) is 23.4 Å². The Balaban J connectivity index is 2.38. The van der Waals surface area contributed by atoms with E-state index in [1.165, 1.54) is 0 Å². The molecule has 2 unspecified atom stereocenters. The lowest BCUT2D eigenvalue weighted by atomic mass is 10.1. The van der Waals surface area contributed by atoms with Crippen LogP contribution >= 0.6 is 39.3 Å². The minimum Gasteiger partial charge on any atom is -0.493 e. The van der Waals surface area contributed by atoms with Gasteiger partial charge in [-0.2, -0.15) is 0 Å². The van der Waals surface area contributed by atoms with Crippen LogP contribution in [0.3, 0.4) is 0 Å². The molecule has 1 aromatic carbocycles. The van der Waals surface area contributed by atoms with Crippen LogP contribution < -0.4 is 4.74 Å². The van der Waals surface area contributed by atoms with Gasteiger partial charge in [0.1, 0.15) is 13.6 Å². The summed E-state index contributed by atoms with van der Waals surface area (Å²) in [6.45, 7) is 6.56. The second-order valence-electron chi connectivity index (χ2n) is 3.80. The number of ether oxygens (including phenoxy) is 1. The zero-order chi connectivity index (χ0) is 12.5. The van der Waals surface area contributed by atoms with E-state index in [2.05, 4.69) is 22.9 Å². The number of alkyl halides is 2. The number of para-hydroxylation sites is 1. The molecule has 0 bridgehead atoms. The number of thioether (sulfide) groups is 1. The third-order valence-electron chi connectivity index (χ3n) is 2.42. The van der Waals surface area contributed by atoms with Crippen LogP contribution in [0.1, 0.15) is 12.5 Å². The van der Waals surface area contributed by atoms with Crippen LogP contribution in [0.25, 0.3) is 0 Å². The average molecular weight is 333 g/mol. The van der Waals surface area contributed by atoms with Crippen molar-refractivity contribution >= 4 is 39.3 Å². The molecule has 0 aromatic heterocycles. The zero-order valence-electron chi connectivity index (χ0n) is 9.45. The Bertz CT molecular complexity index is 447. The van der Waals surface area contributed by atoms with E-state index in [9.17, 15) is 0 Å². The van der Waals surface area contributed by atoms with Crippen LogP contribution in [0.2, 0.25) is 0 Å². The van der Waals surface area contributed by atoms with Crippen molar-refractivity contribution in [2.45, 2.75) is 14.8 Å². The lowest BCUT2D eigenvalue weighted by Crippen LogP contribution is -2.13. The standard InChI is InChI=1S/C13H13BrClOS/c1-3-16-11-7-5-4-6-10(11)13(14)9-8-12(2,15)17-13/h4-9H,2-3H2,1H3. The Kier molecular flexibility index (Phi) is 3.81. The monoisotopic (exact) mass is 331 g/mol. The van der Waals surface area contributed by atoms with E-state index in [0.29, 0.717) is 6.61 Å². The summed E-state index contributed by atoms with van der Waals surface area (Å²) in [5, 5.41) is 0. The third kappa shape index (κ3) is 2.83. The molecule has 2 atom stereocenters. The van der Waals surface area contributed by atoms with Gasteiger partial charge in [-0.05, 0) is 19.9 Å². The van der Waals surface area contributed by atoms with Gasteiger partial charge < -0.3 is 4.74 Å². The van der Waals surface area contributed by atoms with Gasteiger partial charge in [0, 0.05) is 5.56 Å². The van der Waals surface area contributed by atoms with Crippen molar-refractivity contribution < 1.29 is 4.74 Å². The van der Waals surface area contributed by atoms with Gasteiger partial charge in [-0.25, -0.2) is 0 Å². The number of hydrogen-bond acceptors (Lipinski definition) is 2. The van der Waals surface area contributed by atoms with Gasteiger partial charge in [0.15, 0.2) is 0 Å². The van der Waals surface area contributed by atoms with Crippen LogP contribution in [0.4, 0.5) is 0 Å². The number of benzene rings is 1. The van der Waals surface area contributed by atoms with Crippen molar-refractivity contribution in [2.75, 3.05) is 6.61 Å². The first kappa shape index (κ1) is 13.3. The van der Waals surface area contributed by atoms with E-state index in [0.717, 1.165) is 11.3 Å². The SMILES string of the molecule is [CH2]C1(Cl)C=CC(Br)(c2ccccc2OCC)S1. The van der Waals surface area contributed by atoms with E-state index >= 15 is 0 Å². The van der Waals surface area contributed by atoms with Crippen LogP contribution in [-0.4, -0.2) is 10.8 Å². The van der Waals surface area contributed by atoms with Crippen LogP contribution in [0.15, 0.2) is 36.4 Å². The smallest absolute Gasteiger partial charge is 0.125 e. The lowest BCUT2D eigenvalue weighted by molar-refractivity contribution is 0.336. The lowest BCUT2D eigenvalue weighted by Gasteiger charge is -2.25. The van der Waals surface area contributed by atoms with E-state index < -0.39 is 4.21 Å². The maximum absolute atomic E-state index is 6.23. The quantitative estimate of drug-likeness (QED) is 0.586. The highest BCUT2D eigenvalue weighted by Crippen LogP contribution is 2.58. The highest BCUT2D eigenvalue weighted by atomic mass is 79.9. The summed E-state index contributed by atoms with van der Waals surface area (Å²) in [7, 11) is 0. The van der Waals surface area contributed by atoms with Crippen molar-refractivity contribution in [1.29, 1.82) is 0 Å². The van der Waals surface area contributed by atoms with Gasteiger partial charge in [0.25, 0.3) is 0 Å². The summed E-state index contributed by atoms with van der Waals surface area (Å²) in [4.78, 5) is 0. The summed E-state index contributed by atoms with van der Waals surface area (Å²) in [5.74, 6) is 0.874. The Labute approximate surface area is 120 Å². The summed E-state index contributed by atoms with van der Waals surface area (Å²) in [5.41, 5.74) is 1.06. The largest absolute Gasteiger partial charge is 0.493 e. The number of hydrogen-bond donors (Lipinski definition) is 0. The molecular weight excluding hydrogens is 320 g/mol. The molecule has 0 saturated heterocycles. The second-order valence-corrected chi connectivity index (χ2v) is 8.05. The maximum atomic E-state index is 6.23. The topological polar surface area (TPSA) is 9.23 Å². The highest BCUT2D eigenvalue weighted by Gasteiger charge is 2.41. The van der Waals surface area contributed by atoms with Crippen LogP contribution in [0.5, 0.6) is 5.75 Å². The molecule has 91 valence electrons. The van der Waals surface area contributed by atoms with Gasteiger partial charge in [-0.1, -0.05) is 46.3 Å². The third-order valence-corrected chi connectivity index (χ3v) is 5.08. The molecule has 0 spiro atoms. The van der Waals surface area contributed by atoms with Crippen molar-refractivity contribution in [3.05, 3.63) is 48.9 Å². The van der Waals surface area contributed by atoms with Crippen molar-refractivity contribution in [1.82, 2.24) is 0 Å². The van der Waals surface area contributed by atoms with Crippen molar-refractivity contribution in [3.8, 4) is 5.75 Å². The van der Waals surface area contributed by atoms with Gasteiger partial charge in [0.05, 0.1) is 6.61 Å². The van der Waals surface area contributed by atoms with Gasteiger partial charge in [0.2, 0.25) is 0 Å². The fraction of sp³-hybridized carbons (Fsp3) is 0.308. The molecule has 0 saturated carbocycles. The Hall–Kier alpha value is -0.120. The average Bonchev–Trinajstić information content (AvgIpc) is 2.55. The van der Waals surface area contributed by atoms with Crippen LogP contribution in [0, 0.1) is 6.92 Å². The zero-order valence-corrected chi connectivity index (χ0v) is 12.6. The van der Waals surface area contributed by atoms with Gasteiger partial charge >= 0.3 is 0 Å². The fourth-order valence-corrected chi connectivity index (χ4v) is 4.80. The molecule has 0 fully saturated rings. The van der Waals surface area contributed by atoms with E-state index in [-0.39, 0.29) is 3.66 Å².